The maximum absolute atomic E-state index is 13.4. The molecule has 2 atom stereocenters. The van der Waals surface area contributed by atoms with Gasteiger partial charge < -0.3 is 19.3 Å². The van der Waals surface area contributed by atoms with E-state index in [2.05, 4.69) is 0 Å². The van der Waals surface area contributed by atoms with Crippen LogP contribution in [-0.4, -0.2) is 49.1 Å². The Kier molecular flexibility index (Phi) is 8.46. The highest BCUT2D eigenvalue weighted by Gasteiger charge is 2.41. The lowest BCUT2D eigenvalue weighted by atomic mass is 9.90. The number of carbonyl (C=O) groups excluding carboxylic acids is 2. The first kappa shape index (κ1) is 29.7. The van der Waals surface area contributed by atoms with Crippen LogP contribution in [0.4, 0.5) is 41.6 Å². The van der Waals surface area contributed by atoms with E-state index in [1.165, 1.54) is 24.1 Å². The van der Waals surface area contributed by atoms with Gasteiger partial charge in [0.05, 0.1) is 43.7 Å². The van der Waals surface area contributed by atoms with Gasteiger partial charge in [0.1, 0.15) is 0 Å². The van der Waals surface area contributed by atoms with Crippen molar-refractivity contribution in [2.75, 3.05) is 25.7 Å². The number of aromatic hydroxyl groups is 1. The van der Waals surface area contributed by atoms with Gasteiger partial charge >= 0.3 is 24.5 Å². The predicted octanol–water partition coefficient (Wildman–Crippen LogP) is 6.50. The minimum atomic E-state index is -5.08. The molecule has 39 heavy (non-hydrogen) atoms. The molecule has 14 heteroatoms. The van der Waals surface area contributed by atoms with E-state index in [0.29, 0.717) is 12.1 Å². The van der Waals surface area contributed by atoms with Crippen molar-refractivity contribution in [2.24, 2.45) is 0 Å². The normalized spacial score (nSPS) is 17.3. The Labute approximate surface area is 219 Å². The van der Waals surface area contributed by atoms with Crippen LogP contribution in [0.25, 0.3) is 0 Å². The molecule has 0 spiro atoms. The van der Waals surface area contributed by atoms with Gasteiger partial charge in [0.2, 0.25) is 0 Å². The number of hydrogen-bond donors (Lipinski definition) is 1. The molecule has 0 fully saturated rings. The highest BCUT2D eigenvalue weighted by molar-refractivity contribution is 5.91. The fourth-order valence-corrected chi connectivity index (χ4v) is 4.50. The summed E-state index contributed by atoms with van der Waals surface area (Å²) in [5.74, 6) is -0.393. The average Bonchev–Trinajstić information content (AvgIpc) is 2.85. The second-order valence-electron chi connectivity index (χ2n) is 8.76. The number of phenolic OH excluding ortho intramolecular Hbond substituents is 1. The van der Waals surface area contributed by atoms with Gasteiger partial charge in [-0.25, -0.2) is 9.59 Å². The molecule has 214 valence electrons. The summed E-state index contributed by atoms with van der Waals surface area (Å²) >= 11 is 0. The van der Waals surface area contributed by atoms with E-state index in [-0.39, 0.29) is 41.8 Å². The third-order valence-electron chi connectivity index (χ3n) is 6.20. The third kappa shape index (κ3) is 6.25. The number of carbonyl (C=O) groups is 2. The Morgan fingerprint density at radius 1 is 1.03 bits per heavy atom. The van der Waals surface area contributed by atoms with Crippen molar-refractivity contribution in [3.05, 3.63) is 52.6 Å². The number of benzene rings is 2. The van der Waals surface area contributed by atoms with Crippen LogP contribution in [0.5, 0.6) is 11.5 Å². The second-order valence-corrected chi connectivity index (χ2v) is 8.76. The number of hydrogen-bond acceptors (Lipinski definition) is 6. The quantitative estimate of drug-likeness (QED) is 0.417. The van der Waals surface area contributed by atoms with Crippen LogP contribution in [0.3, 0.4) is 0 Å². The van der Waals surface area contributed by atoms with Crippen molar-refractivity contribution in [3.63, 3.8) is 0 Å². The molecule has 0 aliphatic carbocycles. The molecule has 0 unspecified atom stereocenters. The molecule has 0 saturated heterocycles. The zero-order valence-corrected chi connectivity index (χ0v) is 21.3. The average molecular weight is 564 g/mol. The number of phenols is 1. The number of methoxy groups -OCH3 is 2. The highest BCUT2D eigenvalue weighted by atomic mass is 19.4. The first-order valence-electron chi connectivity index (χ1n) is 11.6. The van der Waals surface area contributed by atoms with Gasteiger partial charge in [0.15, 0.2) is 11.5 Å². The van der Waals surface area contributed by atoms with Gasteiger partial charge in [-0.1, -0.05) is 0 Å². The number of fused-ring (bicyclic) bond motifs is 1. The van der Waals surface area contributed by atoms with Crippen LogP contribution in [0.15, 0.2) is 30.3 Å². The lowest BCUT2D eigenvalue weighted by Gasteiger charge is -2.42. The maximum atomic E-state index is 13.4. The summed E-state index contributed by atoms with van der Waals surface area (Å²) in [6.45, 7) is 2.54. The summed E-state index contributed by atoms with van der Waals surface area (Å²) in [6, 6.07) is 1.91. The van der Waals surface area contributed by atoms with Gasteiger partial charge in [0, 0.05) is 24.2 Å². The van der Waals surface area contributed by atoms with Crippen molar-refractivity contribution < 1.29 is 55.2 Å². The molecule has 0 saturated carbocycles. The van der Waals surface area contributed by atoms with E-state index < -0.39 is 59.9 Å². The molecule has 1 heterocycles. The predicted molar refractivity (Wildman–Crippen MR) is 125 cm³/mol. The van der Waals surface area contributed by atoms with E-state index >= 15 is 0 Å². The molecule has 3 rings (SSSR count). The van der Waals surface area contributed by atoms with Crippen molar-refractivity contribution in [1.29, 1.82) is 0 Å². The Hall–Kier alpha value is -3.84. The fourth-order valence-electron chi connectivity index (χ4n) is 4.50. The Bertz CT molecular complexity index is 1200. The topological polar surface area (TPSA) is 88.5 Å². The molecule has 1 aliphatic rings. The summed E-state index contributed by atoms with van der Waals surface area (Å²) in [7, 11) is 2.27. The lowest BCUT2D eigenvalue weighted by Crippen LogP contribution is -2.47. The molecule has 2 amide bonds. The fraction of sp³-hybridized carbons (Fsp3) is 0.440. The van der Waals surface area contributed by atoms with E-state index in [1.807, 2.05) is 0 Å². The largest absolute Gasteiger partial charge is 0.504 e. The smallest absolute Gasteiger partial charge is 0.416 e. The van der Waals surface area contributed by atoms with E-state index in [9.17, 15) is 41.0 Å². The highest BCUT2D eigenvalue weighted by Crippen LogP contribution is 2.46. The van der Waals surface area contributed by atoms with Gasteiger partial charge in [-0.3, -0.25) is 9.80 Å². The number of nitrogens with zero attached hydrogens (tertiary/aromatic N) is 2. The van der Waals surface area contributed by atoms with Crippen LogP contribution in [0.1, 0.15) is 48.6 Å². The van der Waals surface area contributed by atoms with Crippen LogP contribution in [0.2, 0.25) is 0 Å². The number of ether oxygens (including phenoxy) is 3. The second kappa shape index (κ2) is 11.1. The SMILES string of the molecule is CCOC(=O)N1c2cc(O)c(OC)cc2[C@@H](N(Cc2cc(C(F)(F)F)cc(C(F)(F)F)c2)C(=O)OC)C[C@H]1C. The van der Waals surface area contributed by atoms with Gasteiger partial charge in [-0.15, -0.1) is 0 Å². The first-order valence-corrected chi connectivity index (χ1v) is 11.6. The van der Waals surface area contributed by atoms with Crippen LogP contribution in [0, 0.1) is 0 Å². The summed E-state index contributed by atoms with van der Waals surface area (Å²) in [5, 5.41) is 10.4. The van der Waals surface area contributed by atoms with Crippen molar-refractivity contribution in [1.82, 2.24) is 4.90 Å². The van der Waals surface area contributed by atoms with Gasteiger partial charge in [0.25, 0.3) is 0 Å². The molecule has 1 aliphatic heterocycles. The summed E-state index contributed by atoms with van der Waals surface area (Å²) in [6.07, 6.45) is -12.0. The van der Waals surface area contributed by atoms with Gasteiger partial charge in [-0.2, -0.15) is 26.3 Å². The Morgan fingerprint density at radius 3 is 2.10 bits per heavy atom. The zero-order valence-electron chi connectivity index (χ0n) is 21.3. The summed E-state index contributed by atoms with van der Waals surface area (Å²) in [5.41, 5.74) is -3.17. The van der Waals surface area contributed by atoms with E-state index in [0.717, 1.165) is 12.0 Å². The molecule has 1 N–H and O–H groups in total. The number of anilines is 1. The standard InChI is InChI=1S/C25H26F6N2O6/c1-5-39-23(36)33-13(2)6-18(17-10-21(37-3)20(34)11-19(17)33)32(22(35)38-4)12-14-7-15(24(26,27)28)9-16(8-14)25(29,30)31/h7-11,13,18,34H,5-6,12H2,1-4H3/t13-,18+/m1/s1. The molecule has 8 nitrogen and oxygen atoms in total. The maximum Gasteiger partial charge on any atom is 0.416 e. The summed E-state index contributed by atoms with van der Waals surface area (Å²) in [4.78, 5) is 27.8. The number of amides is 2. The number of rotatable bonds is 5. The van der Waals surface area contributed by atoms with Gasteiger partial charge in [-0.05, 0) is 50.1 Å². The minimum Gasteiger partial charge on any atom is -0.504 e. The molecular weight excluding hydrogens is 538 g/mol. The molecular formula is C25H26F6N2O6. The third-order valence-corrected chi connectivity index (χ3v) is 6.20. The summed E-state index contributed by atoms with van der Waals surface area (Å²) < 4.78 is 95.8. The monoisotopic (exact) mass is 564 g/mol. The Morgan fingerprint density at radius 2 is 1.62 bits per heavy atom. The van der Waals surface area contributed by atoms with Crippen LogP contribution < -0.4 is 9.64 Å². The molecule has 2 aromatic rings. The molecule has 0 aromatic heterocycles. The number of halogens is 6. The zero-order chi connectivity index (χ0) is 29.3. The van der Waals surface area contributed by atoms with Crippen LogP contribution >= 0.6 is 0 Å². The van der Waals surface area contributed by atoms with Crippen molar-refractivity contribution in [3.8, 4) is 11.5 Å². The molecule has 0 bridgehead atoms. The van der Waals surface area contributed by atoms with E-state index in [1.54, 1.807) is 13.8 Å². The molecule has 0 radical (unpaired) electrons. The van der Waals surface area contributed by atoms with E-state index in [4.69, 9.17) is 14.2 Å². The first-order chi connectivity index (χ1) is 18.1. The minimum absolute atomic E-state index is 0.0000661. The van der Waals surface area contributed by atoms with Crippen molar-refractivity contribution in [2.45, 2.75) is 51.2 Å². The Balaban J connectivity index is 2.18. The lowest BCUT2D eigenvalue weighted by molar-refractivity contribution is -0.143. The van der Waals surface area contributed by atoms with Crippen molar-refractivity contribution >= 4 is 17.9 Å². The van der Waals surface area contributed by atoms with Crippen LogP contribution in [-0.2, 0) is 28.4 Å². The molecule has 2 aromatic carbocycles. The number of alkyl halides is 6.